The van der Waals surface area contributed by atoms with Gasteiger partial charge in [-0.3, -0.25) is 24.6 Å². The van der Waals surface area contributed by atoms with Gasteiger partial charge in [-0.1, -0.05) is 17.7 Å². The molecular weight excluding hydrogens is 410 g/mol. The van der Waals surface area contributed by atoms with Crippen molar-refractivity contribution in [3.63, 3.8) is 0 Å². The first-order valence-electron chi connectivity index (χ1n) is 7.72. The van der Waals surface area contributed by atoms with Crippen LogP contribution < -0.4 is 0 Å². The van der Waals surface area contributed by atoms with E-state index in [9.17, 15) is 14.9 Å². The summed E-state index contributed by atoms with van der Waals surface area (Å²) in [6, 6.07) is 7.93. The molecule has 8 nitrogen and oxygen atoms in total. The Balaban J connectivity index is 1.78. The van der Waals surface area contributed by atoms with E-state index in [0.717, 1.165) is 4.88 Å². The molecule has 3 aromatic rings. The molecule has 0 saturated heterocycles. The van der Waals surface area contributed by atoms with Crippen molar-refractivity contribution in [1.82, 2.24) is 19.7 Å². The zero-order chi connectivity index (χ0) is 19.6. The topological polar surface area (TPSA) is 97.1 Å². The zero-order valence-corrected chi connectivity index (χ0v) is 16.5. The van der Waals surface area contributed by atoms with Crippen LogP contribution in [0.2, 0.25) is 5.02 Å². The van der Waals surface area contributed by atoms with Crippen LogP contribution in [0.1, 0.15) is 5.56 Å². The van der Waals surface area contributed by atoms with Crippen LogP contribution in [0.3, 0.4) is 0 Å². The van der Waals surface area contributed by atoms with Crippen molar-refractivity contribution in [2.75, 3.05) is 7.05 Å². The molecule has 0 aliphatic rings. The Kier molecular flexibility index (Phi) is 5.68. The lowest BCUT2D eigenvalue weighted by molar-refractivity contribution is -0.384. The van der Waals surface area contributed by atoms with Crippen molar-refractivity contribution >= 4 is 46.8 Å². The maximum Gasteiger partial charge on any atom is 0.269 e. The van der Waals surface area contributed by atoms with Gasteiger partial charge in [0.1, 0.15) is 6.54 Å². The molecule has 2 heterocycles. The van der Waals surface area contributed by atoms with Crippen molar-refractivity contribution in [3.05, 3.63) is 61.2 Å². The van der Waals surface area contributed by atoms with Crippen molar-refractivity contribution in [3.8, 4) is 10.7 Å². The molecule has 0 aliphatic carbocycles. The number of benzene rings is 1. The third-order valence-corrected chi connectivity index (χ3v) is 5.41. The van der Waals surface area contributed by atoms with E-state index in [-0.39, 0.29) is 24.7 Å². The standard InChI is InChI=1S/C16H14ClN5O3S2/c1-20(8-10-7-11(22(24)25)4-5-12(10)17)14(23)9-21-15(18-19-16(21)26)13-3-2-6-27-13/h2-7H,8-9H2,1H3,(H,19,26). The molecule has 0 radical (unpaired) electrons. The highest BCUT2D eigenvalue weighted by atomic mass is 35.5. The molecule has 2 aromatic heterocycles. The second-order valence-electron chi connectivity index (χ2n) is 5.70. The lowest BCUT2D eigenvalue weighted by atomic mass is 10.2. The summed E-state index contributed by atoms with van der Waals surface area (Å²) in [5.74, 6) is 0.359. The van der Waals surface area contributed by atoms with Crippen LogP contribution in [0.4, 0.5) is 5.69 Å². The number of hydrogen-bond donors (Lipinski definition) is 1. The number of nitrogens with zero attached hydrogens (tertiary/aromatic N) is 4. The number of H-pyrrole nitrogens is 1. The van der Waals surface area contributed by atoms with E-state index in [1.54, 1.807) is 11.6 Å². The Bertz CT molecular complexity index is 1040. The molecule has 0 atom stereocenters. The number of likely N-dealkylation sites (N-methyl/N-ethyl adjacent to an activating group) is 1. The van der Waals surface area contributed by atoms with Gasteiger partial charge in [-0.15, -0.1) is 11.3 Å². The second-order valence-corrected chi connectivity index (χ2v) is 7.44. The fourth-order valence-electron chi connectivity index (χ4n) is 2.45. The molecular formula is C16H14ClN5O3S2. The van der Waals surface area contributed by atoms with Crippen LogP contribution >= 0.6 is 35.2 Å². The zero-order valence-electron chi connectivity index (χ0n) is 14.1. The summed E-state index contributed by atoms with van der Waals surface area (Å²) < 4.78 is 1.96. The number of nitro benzene ring substituents is 1. The number of amides is 1. The fraction of sp³-hybridized carbons (Fsp3) is 0.188. The highest BCUT2D eigenvalue weighted by Crippen LogP contribution is 2.24. The first kappa shape index (κ1) is 19.2. The predicted molar refractivity (Wildman–Crippen MR) is 105 cm³/mol. The molecule has 0 bridgehead atoms. The summed E-state index contributed by atoms with van der Waals surface area (Å²) in [6.07, 6.45) is 0. The molecule has 27 heavy (non-hydrogen) atoms. The first-order valence-corrected chi connectivity index (χ1v) is 9.39. The van der Waals surface area contributed by atoms with Crippen LogP contribution in [0.5, 0.6) is 0 Å². The molecule has 1 N–H and O–H groups in total. The highest BCUT2D eigenvalue weighted by Gasteiger charge is 2.18. The second kappa shape index (κ2) is 7.99. The summed E-state index contributed by atoms with van der Waals surface area (Å²) >= 11 is 12.8. The number of carbonyl (C=O) groups excluding carboxylic acids is 1. The van der Waals surface area contributed by atoms with Gasteiger partial charge in [0.2, 0.25) is 5.91 Å². The van der Waals surface area contributed by atoms with E-state index in [1.807, 2.05) is 17.5 Å². The van der Waals surface area contributed by atoms with Gasteiger partial charge in [-0.2, -0.15) is 5.10 Å². The minimum absolute atomic E-state index is 0.00832. The minimum atomic E-state index is -0.500. The summed E-state index contributed by atoms with van der Waals surface area (Å²) in [6.45, 7) is 0.129. The van der Waals surface area contributed by atoms with Gasteiger partial charge in [0, 0.05) is 30.7 Å². The minimum Gasteiger partial charge on any atom is -0.340 e. The van der Waals surface area contributed by atoms with Gasteiger partial charge in [0.25, 0.3) is 5.69 Å². The Labute approximate surface area is 168 Å². The third kappa shape index (κ3) is 4.24. The van der Waals surface area contributed by atoms with Crippen molar-refractivity contribution in [2.45, 2.75) is 13.1 Å². The number of carbonyl (C=O) groups is 1. The lowest BCUT2D eigenvalue weighted by Crippen LogP contribution is -2.30. The van der Waals surface area contributed by atoms with E-state index in [4.69, 9.17) is 23.8 Å². The Morgan fingerprint density at radius 2 is 2.26 bits per heavy atom. The molecule has 1 aromatic carbocycles. The quantitative estimate of drug-likeness (QED) is 0.368. The molecule has 0 fully saturated rings. The molecule has 0 unspecified atom stereocenters. The van der Waals surface area contributed by atoms with E-state index in [1.165, 1.54) is 34.4 Å². The van der Waals surface area contributed by atoms with Gasteiger partial charge >= 0.3 is 0 Å². The van der Waals surface area contributed by atoms with Gasteiger partial charge in [-0.25, -0.2) is 0 Å². The average Bonchev–Trinajstić information content (AvgIpc) is 3.27. The number of halogens is 1. The Morgan fingerprint density at radius 3 is 2.93 bits per heavy atom. The number of non-ortho nitro benzene ring substituents is 1. The van der Waals surface area contributed by atoms with Crippen molar-refractivity contribution in [2.24, 2.45) is 0 Å². The lowest BCUT2D eigenvalue weighted by Gasteiger charge is -2.18. The van der Waals surface area contributed by atoms with Crippen LogP contribution in [0.15, 0.2) is 35.7 Å². The molecule has 0 spiro atoms. The number of rotatable bonds is 6. The van der Waals surface area contributed by atoms with Crippen LogP contribution in [0, 0.1) is 14.9 Å². The number of hydrogen-bond acceptors (Lipinski definition) is 6. The van der Waals surface area contributed by atoms with Crippen molar-refractivity contribution < 1.29 is 9.72 Å². The smallest absolute Gasteiger partial charge is 0.269 e. The molecule has 0 aliphatic heterocycles. The molecule has 3 rings (SSSR count). The molecule has 1 amide bonds. The fourth-order valence-corrected chi connectivity index (χ4v) is 3.55. The normalized spacial score (nSPS) is 10.7. The molecule has 11 heteroatoms. The maximum absolute atomic E-state index is 12.7. The third-order valence-electron chi connectivity index (χ3n) is 3.87. The van der Waals surface area contributed by atoms with E-state index in [0.29, 0.717) is 21.2 Å². The van der Waals surface area contributed by atoms with Gasteiger partial charge in [0.15, 0.2) is 10.6 Å². The largest absolute Gasteiger partial charge is 0.340 e. The number of thiophene rings is 1. The van der Waals surface area contributed by atoms with E-state index >= 15 is 0 Å². The number of aromatic nitrogens is 3. The summed E-state index contributed by atoms with van der Waals surface area (Å²) in [4.78, 5) is 25.4. The number of nitro groups is 1. The number of aromatic amines is 1. The van der Waals surface area contributed by atoms with Crippen LogP contribution in [-0.4, -0.2) is 37.5 Å². The summed E-state index contributed by atoms with van der Waals surface area (Å²) in [5.41, 5.74) is 0.420. The van der Waals surface area contributed by atoms with Crippen LogP contribution in [0.25, 0.3) is 10.7 Å². The number of nitrogens with one attached hydrogen (secondary N) is 1. The highest BCUT2D eigenvalue weighted by molar-refractivity contribution is 7.71. The predicted octanol–water partition coefficient (Wildman–Crippen LogP) is 3.89. The van der Waals surface area contributed by atoms with E-state index in [2.05, 4.69) is 10.2 Å². The van der Waals surface area contributed by atoms with Crippen molar-refractivity contribution in [1.29, 1.82) is 0 Å². The van der Waals surface area contributed by atoms with Gasteiger partial charge in [-0.05, 0) is 35.3 Å². The SMILES string of the molecule is CN(Cc1cc([N+](=O)[O-])ccc1Cl)C(=O)Cn1c(-c2cccs2)n[nH]c1=S. The average molecular weight is 424 g/mol. The van der Waals surface area contributed by atoms with Gasteiger partial charge in [0.05, 0.1) is 9.80 Å². The van der Waals surface area contributed by atoms with E-state index < -0.39 is 4.92 Å². The maximum atomic E-state index is 12.7. The Morgan fingerprint density at radius 1 is 1.48 bits per heavy atom. The first-order chi connectivity index (χ1) is 12.9. The molecule has 140 valence electrons. The summed E-state index contributed by atoms with van der Waals surface area (Å²) in [7, 11) is 1.60. The Hall–Kier alpha value is -2.56. The van der Waals surface area contributed by atoms with Gasteiger partial charge < -0.3 is 4.90 Å². The molecule has 0 saturated carbocycles. The van der Waals surface area contributed by atoms with Crippen LogP contribution in [-0.2, 0) is 17.9 Å². The summed E-state index contributed by atoms with van der Waals surface area (Å²) in [5, 5.41) is 20.1. The monoisotopic (exact) mass is 423 g/mol.